The number of piperidine rings is 1. The van der Waals surface area contributed by atoms with Gasteiger partial charge in [-0.05, 0) is 69.3 Å². The monoisotopic (exact) mass is 288 g/mol. The average Bonchev–Trinajstić information content (AvgIpc) is 2.47. The molecular weight excluding hydrogens is 256 g/mol. The van der Waals surface area contributed by atoms with Crippen LogP contribution in [-0.4, -0.2) is 31.6 Å². The number of likely N-dealkylation sites (tertiary alicyclic amines) is 1. The lowest BCUT2D eigenvalue weighted by molar-refractivity contribution is 0.131. The second kappa shape index (κ2) is 7.95. The van der Waals surface area contributed by atoms with E-state index >= 15 is 0 Å². The molecule has 1 aliphatic heterocycles. The van der Waals surface area contributed by atoms with Gasteiger partial charge in [-0.3, -0.25) is 4.90 Å². The molecule has 0 radical (unpaired) electrons. The SMILES string of the molecule is CNCC1CCCN(C(C)c2ccc(CC(C)C)cc2)C1. The topological polar surface area (TPSA) is 15.3 Å². The molecule has 2 nitrogen and oxygen atoms in total. The van der Waals surface area contributed by atoms with Gasteiger partial charge in [0.15, 0.2) is 0 Å². The standard InChI is InChI=1S/C19H32N2/c1-15(2)12-17-7-9-19(10-8-17)16(3)21-11-5-6-18(14-21)13-20-4/h7-10,15-16,18,20H,5-6,11-14H2,1-4H3. The molecule has 0 aromatic heterocycles. The number of benzene rings is 1. The van der Waals surface area contributed by atoms with Crippen molar-refractivity contribution in [2.75, 3.05) is 26.7 Å². The highest BCUT2D eigenvalue weighted by Gasteiger charge is 2.23. The van der Waals surface area contributed by atoms with E-state index in [0.29, 0.717) is 6.04 Å². The second-order valence-corrected chi connectivity index (χ2v) is 7.08. The smallest absolute Gasteiger partial charge is 0.0320 e. The highest BCUT2D eigenvalue weighted by atomic mass is 15.2. The van der Waals surface area contributed by atoms with Gasteiger partial charge in [0.25, 0.3) is 0 Å². The third-order valence-electron chi connectivity index (χ3n) is 4.70. The first-order chi connectivity index (χ1) is 10.1. The van der Waals surface area contributed by atoms with Gasteiger partial charge in [-0.1, -0.05) is 38.1 Å². The van der Waals surface area contributed by atoms with Crippen molar-refractivity contribution in [2.24, 2.45) is 11.8 Å². The molecule has 1 heterocycles. The molecular formula is C19H32N2. The number of hydrogen-bond donors (Lipinski definition) is 1. The summed E-state index contributed by atoms with van der Waals surface area (Å²) in [5.41, 5.74) is 2.93. The van der Waals surface area contributed by atoms with Gasteiger partial charge >= 0.3 is 0 Å². The van der Waals surface area contributed by atoms with Crippen LogP contribution in [0.2, 0.25) is 0 Å². The molecule has 0 aliphatic carbocycles. The zero-order valence-corrected chi connectivity index (χ0v) is 14.2. The van der Waals surface area contributed by atoms with Crippen LogP contribution in [0.25, 0.3) is 0 Å². The van der Waals surface area contributed by atoms with Gasteiger partial charge in [0.1, 0.15) is 0 Å². The highest BCUT2D eigenvalue weighted by molar-refractivity contribution is 5.25. The van der Waals surface area contributed by atoms with Crippen LogP contribution < -0.4 is 5.32 Å². The van der Waals surface area contributed by atoms with Crippen molar-refractivity contribution < 1.29 is 0 Å². The molecule has 21 heavy (non-hydrogen) atoms. The lowest BCUT2D eigenvalue weighted by Crippen LogP contribution is -2.40. The Balaban J connectivity index is 1.97. The zero-order valence-electron chi connectivity index (χ0n) is 14.2. The minimum absolute atomic E-state index is 0.540. The van der Waals surface area contributed by atoms with Crippen molar-refractivity contribution in [3.8, 4) is 0 Å². The van der Waals surface area contributed by atoms with E-state index in [1.807, 2.05) is 0 Å². The maximum absolute atomic E-state index is 3.34. The molecule has 118 valence electrons. The van der Waals surface area contributed by atoms with Gasteiger partial charge in [0.2, 0.25) is 0 Å². The van der Waals surface area contributed by atoms with Crippen LogP contribution in [0.5, 0.6) is 0 Å². The minimum atomic E-state index is 0.540. The van der Waals surface area contributed by atoms with Gasteiger partial charge in [-0.15, -0.1) is 0 Å². The van der Waals surface area contributed by atoms with Crippen molar-refractivity contribution in [2.45, 2.75) is 46.1 Å². The second-order valence-electron chi connectivity index (χ2n) is 7.08. The van der Waals surface area contributed by atoms with E-state index in [-0.39, 0.29) is 0 Å². The molecule has 2 rings (SSSR count). The maximum atomic E-state index is 3.34. The lowest BCUT2D eigenvalue weighted by Gasteiger charge is -2.37. The molecule has 1 saturated heterocycles. The number of nitrogens with zero attached hydrogens (tertiary/aromatic N) is 1. The molecule has 2 atom stereocenters. The Morgan fingerprint density at radius 2 is 1.90 bits per heavy atom. The van der Waals surface area contributed by atoms with Gasteiger partial charge in [0, 0.05) is 12.6 Å². The van der Waals surface area contributed by atoms with Gasteiger partial charge in [0.05, 0.1) is 0 Å². The summed E-state index contributed by atoms with van der Waals surface area (Å²) in [6.07, 6.45) is 3.89. The molecule has 0 spiro atoms. The van der Waals surface area contributed by atoms with E-state index in [1.54, 1.807) is 0 Å². The summed E-state index contributed by atoms with van der Waals surface area (Å²) in [5.74, 6) is 1.55. The third kappa shape index (κ3) is 4.82. The first-order valence-electron chi connectivity index (χ1n) is 8.57. The molecule has 1 aromatic rings. The van der Waals surface area contributed by atoms with Crippen molar-refractivity contribution in [3.63, 3.8) is 0 Å². The van der Waals surface area contributed by atoms with Crippen LogP contribution in [0.3, 0.4) is 0 Å². The Morgan fingerprint density at radius 3 is 2.52 bits per heavy atom. The van der Waals surface area contributed by atoms with Crippen LogP contribution in [-0.2, 0) is 6.42 Å². The lowest BCUT2D eigenvalue weighted by atomic mass is 9.94. The Kier molecular flexibility index (Phi) is 6.25. The van der Waals surface area contributed by atoms with Gasteiger partial charge in [-0.25, -0.2) is 0 Å². The van der Waals surface area contributed by atoms with Crippen LogP contribution in [0, 0.1) is 11.8 Å². The number of nitrogens with one attached hydrogen (secondary N) is 1. The van der Waals surface area contributed by atoms with E-state index in [9.17, 15) is 0 Å². The summed E-state index contributed by atoms with van der Waals surface area (Å²) >= 11 is 0. The normalized spacial score (nSPS) is 21.7. The molecule has 1 N–H and O–H groups in total. The molecule has 1 fully saturated rings. The quantitative estimate of drug-likeness (QED) is 0.854. The number of hydrogen-bond acceptors (Lipinski definition) is 2. The summed E-state index contributed by atoms with van der Waals surface area (Å²) in [7, 11) is 2.07. The predicted molar refractivity (Wildman–Crippen MR) is 91.6 cm³/mol. The summed E-state index contributed by atoms with van der Waals surface area (Å²) in [6, 6.07) is 9.85. The van der Waals surface area contributed by atoms with Crippen LogP contribution in [0.4, 0.5) is 0 Å². The molecule has 0 bridgehead atoms. The van der Waals surface area contributed by atoms with E-state index in [2.05, 4.69) is 62.3 Å². The molecule has 0 amide bonds. The fraction of sp³-hybridized carbons (Fsp3) is 0.684. The molecule has 0 saturated carbocycles. The average molecular weight is 288 g/mol. The number of rotatable bonds is 6. The summed E-state index contributed by atoms with van der Waals surface area (Å²) in [6.45, 7) is 10.6. The first-order valence-corrected chi connectivity index (χ1v) is 8.57. The van der Waals surface area contributed by atoms with E-state index in [1.165, 1.54) is 43.5 Å². The van der Waals surface area contributed by atoms with Crippen molar-refractivity contribution in [1.82, 2.24) is 10.2 Å². The Labute approximate surface area is 130 Å². The largest absolute Gasteiger partial charge is 0.319 e. The summed E-state index contributed by atoms with van der Waals surface area (Å²) in [4.78, 5) is 2.66. The fourth-order valence-electron chi connectivity index (χ4n) is 3.52. The van der Waals surface area contributed by atoms with E-state index in [0.717, 1.165) is 18.4 Å². The van der Waals surface area contributed by atoms with E-state index < -0.39 is 0 Å². The molecule has 1 aliphatic rings. The Bertz CT molecular complexity index is 408. The van der Waals surface area contributed by atoms with Crippen LogP contribution >= 0.6 is 0 Å². The molecule has 2 heteroatoms. The summed E-state index contributed by atoms with van der Waals surface area (Å²) < 4.78 is 0. The molecule has 1 aromatic carbocycles. The van der Waals surface area contributed by atoms with Gasteiger partial charge < -0.3 is 5.32 Å². The van der Waals surface area contributed by atoms with Crippen LogP contribution in [0.15, 0.2) is 24.3 Å². The molecule has 2 unspecified atom stereocenters. The zero-order chi connectivity index (χ0) is 15.2. The van der Waals surface area contributed by atoms with Crippen molar-refractivity contribution in [1.29, 1.82) is 0 Å². The fourth-order valence-corrected chi connectivity index (χ4v) is 3.52. The maximum Gasteiger partial charge on any atom is 0.0320 e. The van der Waals surface area contributed by atoms with Crippen LogP contribution in [0.1, 0.15) is 50.8 Å². The highest BCUT2D eigenvalue weighted by Crippen LogP contribution is 2.26. The summed E-state index contributed by atoms with van der Waals surface area (Å²) in [5, 5.41) is 3.34. The van der Waals surface area contributed by atoms with Gasteiger partial charge in [-0.2, -0.15) is 0 Å². The Morgan fingerprint density at radius 1 is 1.19 bits per heavy atom. The Hall–Kier alpha value is -0.860. The third-order valence-corrected chi connectivity index (χ3v) is 4.70. The minimum Gasteiger partial charge on any atom is -0.319 e. The predicted octanol–water partition coefficient (Wildman–Crippen LogP) is 3.88. The van der Waals surface area contributed by atoms with Crippen molar-refractivity contribution in [3.05, 3.63) is 35.4 Å². The van der Waals surface area contributed by atoms with E-state index in [4.69, 9.17) is 0 Å². The van der Waals surface area contributed by atoms with Crippen molar-refractivity contribution >= 4 is 0 Å². The first kappa shape index (κ1) is 16.5.